The van der Waals surface area contributed by atoms with Gasteiger partial charge in [-0.2, -0.15) is 0 Å². The molecule has 1 unspecified atom stereocenters. The van der Waals surface area contributed by atoms with Crippen LogP contribution in [0.2, 0.25) is 0 Å². The van der Waals surface area contributed by atoms with Gasteiger partial charge in [0.05, 0.1) is 5.56 Å². The Bertz CT molecular complexity index is 431. The molecule has 19 heavy (non-hydrogen) atoms. The molecule has 0 amide bonds. The van der Waals surface area contributed by atoms with Gasteiger partial charge in [-0.3, -0.25) is 4.90 Å². The van der Waals surface area contributed by atoms with Crippen molar-refractivity contribution in [2.75, 3.05) is 13.1 Å². The van der Waals surface area contributed by atoms with Crippen LogP contribution in [0.25, 0.3) is 0 Å². The van der Waals surface area contributed by atoms with Crippen molar-refractivity contribution in [2.45, 2.75) is 39.2 Å². The first kappa shape index (κ1) is 14.1. The van der Waals surface area contributed by atoms with Gasteiger partial charge in [-0.05, 0) is 56.0 Å². The lowest BCUT2D eigenvalue weighted by Crippen LogP contribution is -2.24. The maximum Gasteiger partial charge on any atom is 0.335 e. The second kappa shape index (κ2) is 6.71. The second-order valence-corrected chi connectivity index (χ2v) is 5.49. The number of carbonyl (C=O) groups is 1. The monoisotopic (exact) mass is 261 g/mol. The lowest BCUT2D eigenvalue weighted by Gasteiger charge is -2.20. The van der Waals surface area contributed by atoms with Crippen molar-refractivity contribution in [1.29, 1.82) is 0 Å². The van der Waals surface area contributed by atoms with Crippen molar-refractivity contribution in [1.82, 2.24) is 4.90 Å². The van der Waals surface area contributed by atoms with Gasteiger partial charge in [-0.25, -0.2) is 4.79 Å². The summed E-state index contributed by atoms with van der Waals surface area (Å²) in [7, 11) is 0. The van der Waals surface area contributed by atoms with Gasteiger partial charge in [0.15, 0.2) is 0 Å². The Kier molecular flexibility index (Phi) is 4.97. The molecule has 0 spiro atoms. The van der Waals surface area contributed by atoms with Crippen LogP contribution < -0.4 is 0 Å². The average Bonchev–Trinajstić information content (AvgIpc) is 2.64. The summed E-state index contributed by atoms with van der Waals surface area (Å²) in [5, 5.41) is 9.01. The molecule has 1 aromatic rings. The van der Waals surface area contributed by atoms with Gasteiger partial charge >= 0.3 is 5.97 Å². The number of carboxylic acids is 1. The highest BCUT2D eigenvalue weighted by molar-refractivity contribution is 5.87. The highest BCUT2D eigenvalue weighted by Crippen LogP contribution is 2.21. The summed E-state index contributed by atoms with van der Waals surface area (Å²) >= 11 is 0. The summed E-state index contributed by atoms with van der Waals surface area (Å²) in [4.78, 5) is 13.4. The molecule has 3 nitrogen and oxygen atoms in total. The molecule has 1 atom stereocenters. The Hall–Kier alpha value is -1.35. The van der Waals surface area contributed by atoms with Crippen molar-refractivity contribution < 1.29 is 9.90 Å². The van der Waals surface area contributed by atoms with E-state index in [1.165, 1.54) is 25.7 Å². The Labute approximate surface area is 115 Å². The molecular weight excluding hydrogens is 238 g/mol. The average molecular weight is 261 g/mol. The van der Waals surface area contributed by atoms with Gasteiger partial charge in [0.2, 0.25) is 0 Å². The lowest BCUT2D eigenvalue weighted by atomic mass is 9.98. The van der Waals surface area contributed by atoms with Crippen molar-refractivity contribution >= 4 is 5.97 Å². The number of aromatic carboxylic acids is 1. The van der Waals surface area contributed by atoms with Crippen LogP contribution in [0.5, 0.6) is 0 Å². The highest BCUT2D eigenvalue weighted by Gasteiger charge is 2.16. The molecular formula is C16H23NO2. The largest absolute Gasteiger partial charge is 0.478 e. The molecule has 1 aromatic carbocycles. The summed E-state index contributed by atoms with van der Waals surface area (Å²) < 4.78 is 0. The first-order valence-corrected chi connectivity index (χ1v) is 7.23. The van der Waals surface area contributed by atoms with E-state index in [1.807, 2.05) is 12.1 Å². The summed E-state index contributed by atoms with van der Waals surface area (Å²) in [6.45, 7) is 5.41. The number of hydrogen-bond acceptors (Lipinski definition) is 2. The van der Waals surface area contributed by atoms with E-state index in [1.54, 1.807) is 12.1 Å². The molecule has 104 valence electrons. The predicted molar refractivity (Wildman–Crippen MR) is 76.3 cm³/mol. The van der Waals surface area contributed by atoms with Gasteiger partial charge in [0.1, 0.15) is 0 Å². The third-order valence-electron chi connectivity index (χ3n) is 4.10. The van der Waals surface area contributed by atoms with Crippen molar-refractivity contribution in [3.63, 3.8) is 0 Å². The Morgan fingerprint density at radius 3 is 2.95 bits per heavy atom. The van der Waals surface area contributed by atoms with E-state index in [2.05, 4.69) is 11.8 Å². The number of hydrogen-bond donors (Lipinski definition) is 1. The van der Waals surface area contributed by atoms with Crippen LogP contribution in [0.4, 0.5) is 0 Å². The number of benzene rings is 1. The smallest absolute Gasteiger partial charge is 0.335 e. The summed E-state index contributed by atoms with van der Waals surface area (Å²) in [5.74, 6) is 0.0270. The summed E-state index contributed by atoms with van der Waals surface area (Å²) in [6.07, 6.45) is 5.15. The Morgan fingerprint density at radius 1 is 1.37 bits per heavy atom. The zero-order valence-electron chi connectivity index (χ0n) is 11.6. The van der Waals surface area contributed by atoms with Crippen LogP contribution in [0, 0.1) is 5.92 Å². The van der Waals surface area contributed by atoms with Gasteiger partial charge in [-0.15, -0.1) is 0 Å². The van der Waals surface area contributed by atoms with Crippen LogP contribution in [0.15, 0.2) is 24.3 Å². The molecule has 0 aliphatic carbocycles. The van der Waals surface area contributed by atoms with E-state index < -0.39 is 5.97 Å². The third kappa shape index (κ3) is 4.06. The van der Waals surface area contributed by atoms with Gasteiger partial charge in [0.25, 0.3) is 0 Å². The molecule has 1 N–H and O–H groups in total. The van der Waals surface area contributed by atoms with E-state index in [4.69, 9.17) is 5.11 Å². The molecule has 0 radical (unpaired) electrons. The Balaban J connectivity index is 1.97. The molecule has 0 aromatic heterocycles. The first-order valence-electron chi connectivity index (χ1n) is 7.23. The topological polar surface area (TPSA) is 40.5 Å². The van der Waals surface area contributed by atoms with Crippen LogP contribution >= 0.6 is 0 Å². The fourth-order valence-corrected chi connectivity index (χ4v) is 2.85. The summed E-state index contributed by atoms with van der Waals surface area (Å²) in [5.41, 5.74) is 1.49. The van der Waals surface area contributed by atoms with E-state index in [-0.39, 0.29) is 0 Å². The number of nitrogens with zero attached hydrogens (tertiary/aromatic N) is 1. The van der Waals surface area contributed by atoms with Gasteiger partial charge in [-0.1, -0.05) is 25.5 Å². The van der Waals surface area contributed by atoms with Crippen LogP contribution in [0.3, 0.4) is 0 Å². The molecule has 1 aliphatic rings. The first-order chi connectivity index (χ1) is 9.19. The minimum absolute atomic E-state index is 0.388. The molecule has 1 saturated heterocycles. The minimum Gasteiger partial charge on any atom is -0.478 e. The lowest BCUT2D eigenvalue weighted by molar-refractivity contribution is 0.0696. The third-order valence-corrected chi connectivity index (χ3v) is 4.10. The van der Waals surface area contributed by atoms with Crippen LogP contribution in [-0.4, -0.2) is 29.1 Å². The van der Waals surface area contributed by atoms with E-state index in [0.717, 1.165) is 31.1 Å². The molecule has 0 saturated carbocycles. The fourth-order valence-electron chi connectivity index (χ4n) is 2.85. The van der Waals surface area contributed by atoms with Crippen LogP contribution in [-0.2, 0) is 6.54 Å². The van der Waals surface area contributed by atoms with E-state index >= 15 is 0 Å². The molecule has 2 rings (SSSR count). The fraction of sp³-hybridized carbons (Fsp3) is 0.562. The van der Waals surface area contributed by atoms with E-state index in [0.29, 0.717) is 5.56 Å². The van der Waals surface area contributed by atoms with E-state index in [9.17, 15) is 4.79 Å². The quantitative estimate of drug-likeness (QED) is 0.903. The van der Waals surface area contributed by atoms with Gasteiger partial charge in [0, 0.05) is 6.54 Å². The van der Waals surface area contributed by atoms with Crippen LogP contribution in [0.1, 0.15) is 48.5 Å². The maximum absolute atomic E-state index is 11.0. The second-order valence-electron chi connectivity index (χ2n) is 5.49. The molecule has 1 aliphatic heterocycles. The Morgan fingerprint density at radius 2 is 2.21 bits per heavy atom. The number of likely N-dealkylation sites (tertiary alicyclic amines) is 1. The van der Waals surface area contributed by atoms with Crippen molar-refractivity contribution in [2.24, 2.45) is 5.92 Å². The zero-order chi connectivity index (χ0) is 13.7. The number of carboxylic acid groups (broad SMARTS) is 1. The molecule has 0 bridgehead atoms. The number of rotatable bonds is 4. The summed E-state index contributed by atoms with van der Waals surface area (Å²) in [6, 6.07) is 7.31. The minimum atomic E-state index is -0.844. The standard InChI is InChI=1S/C16H23NO2/c1-2-13-6-4-9-17(10-8-13)12-14-5-3-7-15(11-14)16(18)19/h3,5,7,11,13H,2,4,6,8-10,12H2,1H3,(H,18,19). The highest BCUT2D eigenvalue weighted by atomic mass is 16.4. The van der Waals surface area contributed by atoms with Crippen molar-refractivity contribution in [3.05, 3.63) is 35.4 Å². The molecule has 1 fully saturated rings. The van der Waals surface area contributed by atoms with Crippen molar-refractivity contribution in [3.8, 4) is 0 Å². The van der Waals surface area contributed by atoms with Gasteiger partial charge < -0.3 is 5.11 Å². The molecule has 3 heteroatoms. The zero-order valence-corrected chi connectivity index (χ0v) is 11.6. The predicted octanol–water partition coefficient (Wildman–Crippen LogP) is 3.40. The SMILES string of the molecule is CCC1CCCN(Cc2cccc(C(=O)O)c2)CC1. The maximum atomic E-state index is 11.0. The normalized spacial score (nSPS) is 21.0. The molecule has 1 heterocycles.